The molecule has 0 saturated heterocycles. The van der Waals surface area contributed by atoms with Gasteiger partial charge in [0.1, 0.15) is 12.2 Å². The van der Waals surface area contributed by atoms with Crippen LogP contribution in [0.2, 0.25) is 0 Å². The predicted molar refractivity (Wildman–Crippen MR) is 279 cm³/mol. The standard InChI is InChI=1S/C56H107O9P/c1-3-5-7-9-11-13-15-17-19-21-23-25-26-27-29-31-33-35-37-39-41-43-45-47-49-62-52-55(53-64-66(60,61)63-51-54(58)50-57)65-56(59)48-46-44-42-40-38-36-34-32-30-28-24-22-20-18-16-14-12-10-8-6-4-2/h16,18,21-24,54-55,57-58H,3-15,17,19-20,25-53H2,1-2H3,(H,60,61)/b18-16-,23-21-,24-22-. The lowest BCUT2D eigenvalue weighted by molar-refractivity contribution is -0.154. The second-order valence-electron chi connectivity index (χ2n) is 19.0. The summed E-state index contributed by atoms with van der Waals surface area (Å²) in [6.45, 7) is 3.55. The van der Waals surface area contributed by atoms with Crippen molar-refractivity contribution in [3.63, 3.8) is 0 Å². The van der Waals surface area contributed by atoms with Crippen LogP contribution in [-0.2, 0) is 27.9 Å². The molecule has 0 aliphatic carbocycles. The Balaban J connectivity index is 4.01. The lowest BCUT2D eigenvalue weighted by atomic mass is 10.0. The first-order valence-corrected chi connectivity index (χ1v) is 29.5. The number of ether oxygens (including phenoxy) is 2. The van der Waals surface area contributed by atoms with E-state index in [1.165, 1.54) is 205 Å². The summed E-state index contributed by atoms with van der Waals surface area (Å²) in [5.41, 5.74) is 0. The van der Waals surface area contributed by atoms with Crippen molar-refractivity contribution in [2.24, 2.45) is 0 Å². The summed E-state index contributed by atoms with van der Waals surface area (Å²) < 4.78 is 33.6. The number of aliphatic hydroxyl groups excluding tert-OH is 2. The number of carbonyl (C=O) groups is 1. The summed E-state index contributed by atoms with van der Waals surface area (Å²) in [6.07, 6.45) is 61.2. The van der Waals surface area contributed by atoms with Crippen LogP contribution >= 0.6 is 7.82 Å². The summed E-state index contributed by atoms with van der Waals surface area (Å²) in [5, 5.41) is 18.4. The highest BCUT2D eigenvalue weighted by molar-refractivity contribution is 7.47. The maximum absolute atomic E-state index is 12.7. The van der Waals surface area contributed by atoms with Crippen molar-refractivity contribution in [1.29, 1.82) is 0 Å². The van der Waals surface area contributed by atoms with Gasteiger partial charge in [-0.1, -0.05) is 230 Å². The number of aliphatic hydroxyl groups is 2. The molecule has 66 heavy (non-hydrogen) atoms. The third-order valence-electron chi connectivity index (χ3n) is 12.3. The zero-order valence-electron chi connectivity index (χ0n) is 43.2. The van der Waals surface area contributed by atoms with Crippen molar-refractivity contribution in [2.45, 2.75) is 283 Å². The van der Waals surface area contributed by atoms with E-state index < -0.39 is 33.2 Å². The Bertz CT molecular complexity index is 1130. The Morgan fingerprint density at radius 3 is 1.23 bits per heavy atom. The molecule has 9 nitrogen and oxygen atoms in total. The van der Waals surface area contributed by atoms with Crippen LogP contribution in [0.1, 0.15) is 271 Å². The van der Waals surface area contributed by atoms with E-state index >= 15 is 0 Å². The van der Waals surface area contributed by atoms with Gasteiger partial charge in [-0.25, -0.2) is 4.57 Å². The Labute approximate surface area is 407 Å². The fraction of sp³-hybridized carbons (Fsp3) is 0.875. The minimum atomic E-state index is -4.53. The fourth-order valence-corrected chi connectivity index (χ4v) is 8.82. The molecule has 0 aromatic heterocycles. The summed E-state index contributed by atoms with van der Waals surface area (Å²) in [5.74, 6) is -0.383. The number of allylic oxidation sites excluding steroid dienone is 6. The van der Waals surface area contributed by atoms with Crippen molar-refractivity contribution < 1.29 is 43.0 Å². The smallest absolute Gasteiger partial charge is 0.457 e. The Morgan fingerprint density at radius 1 is 0.470 bits per heavy atom. The Hall–Kier alpha value is -1.32. The normalized spacial score (nSPS) is 14.0. The van der Waals surface area contributed by atoms with E-state index in [1.807, 2.05) is 0 Å². The second kappa shape index (κ2) is 53.0. The number of rotatable bonds is 54. The highest BCUT2D eigenvalue weighted by Gasteiger charge is 2.26. The van der Waals surface area contributed by atoms with Gasteiger partial charge in [0, 0.05) is 13.0 Å². The van der Waals surface area contributed by atoms with Crippen LogP contribution in [0, 0.1) is 0 Å². The molecular weight excluding hydrogens is 848 g/mol. The number of esters is 1. The van der Waals surface area contributed by atoms with Crippen LogP contribution in [0.15, 0.2) is 36.5 Å². The SMILES string of the molecule is CCCCCCC/C=C\C/C=C\CCCCCCCCCCCC(=O)OC(COCCCCCCCCCCCCCC/C=C\CCCCCCCCCC)COP(=O)(O)OCC(O)CO. The van der Waals surface area contributed by atoms with Gasteiger partial charge in [0.05, 0.1) is 26.4 Å². The lowest BCUT2D eigenvalue weighted by Gasteiger charge is -2.20. The first-order valence-electron chi connectivity index (χ1n) is 28.0. The number of phosphoric ester groups is 1. The quantitative estimate of drug-likeness (QED) is 0.0236. The van der Waals surface area contributed by atoms with Crippen LogP contribution in [0.5, 0.6) is 0 Å². The van der Waals surface area contributed by atoms with Crippen molar-refractivity contribution in [3.8, 4) is 0 Å². The van der Waals surface area contributed by atoms with Gasteiger partial charge in [0.15, 0.2) is 0 Å². The van der Waals surface area contributed by atoms with Gasteiger partial charge in [-0.15, -0.1) is 0 Å². The highest BCUT2D eigenvalue weighted by Crippen LogP contribution is 2.43. The molecule has 3 N–H and O–H groups in total. The summed E-state index contributed by atoms with van der Waals surface area (Å²) in [4.78, 5) is 22.7. The van der Waals surface area contributed by atoms with Gasteiger partial charge in [-0.3, -0.25) is 13.8 Å². The Morgan fingerprint density at radius 2 is 0.818 bits per heavy atom. The third-order valence-corrected chi connectivity index (χ3v) is 13.2. The predicted octanol–water partition coefficient (Wildman–Crippen LogP) is 16.7. The molecule has 3 atom stereocenters. The molecule has 0 heterocycles. The molecule has 390 valence electrons. The van der Waals surface area contributed by atoms with Crippen LogP contribution in [-0.4, -0.2) is 66.3 Å². The van der Waals surface area contributed by atoms with E-state index in [0.29, 0.717) is 6.61 Å². The minimum Gasteiger partial charge on any atom is -0.457 e. The minimum absolute atomic E-state index is 0.0496. The van der Waals surface area contributed by atoms with Crippen LogP contribution in [0.25, 0.3) is 0 Å². The Kier molecular flexibility index (Phi) is 52.0. The molecule has 0 spiro atoms. The molecule has 0 aromatic rings. The molecule has 0 aliphatic heterocycles. The molecule has 0 amide bonds. The largest absolute Gasteiger partial charge is 0.472 e. The van der Waals surface area contributed by atoms with E-state index in [0.717, 1.165) is 44.9 Å². The zero-order valence-corrected chi connectivity index (χ0v) is 44.1. The maximum atomic E-state index is 12.7. The van der Waals surface area contributed by atoms with Gasteiger partial charge in [-0.05, 0) is 70.6 Å². The average molecular weight is 955 g/mol. The van der Waals surface area contributed by atoms with Gasteiger partial charge in [0.25, 0.3) is 0 Å². The number of hydrogen-bond acceptors (Lipinski definition) is 8. The number of carbonyl (C=O) groups excluding carboxylic acids is 1. The monoisotopic (exact) mass is 955 g/mol. The van der Waals surface area contributed by atoms with Gasteiger partial charge < -0.3 is 24.6 Å². The maximum Gasteiger partial charge on any atom is 0.472 e. The van der Waals surface area contributed by atoms with Crippen molar-refractivity contribution in [2.75, 3.05) is 33.0 Å². The number of phosphoric acid groups is 1. The molecule has 0 saturated carbocycles. The van der Waals surface area contributed by atoms with Crippen LogP contribution in [0.4, 0.5) is 0 Å². The lowest BCUT2D eigenvalue weighted by Crippen LogP contribution is -2.29. The van der Waals surface area contributed by atoms with E-state index in [-0.39, 0.29) is 25.6 Å². The topological polar surface area (TPSA) is 132 Å². The molecular formula is C56H107O9P. The van der Waals surface area contributed by atoms with E-state index in [4.69, 9.17) is 23.6 Å². The fourth-order valence-electron chi connectivity index (χ4n) is 8.03. The highest BCUT2D eigenvalue weighted by atomic mass is 31.2. The zero-order chi connectivity index (χ0) is 48.1. The third kappa shape index (κ3) is 52.1. The van der Waals surface area contributed by atoms with E-state index in [1.54, 1.807) is 0 Å². The van der Waals surface area contributed by atoms with Gasteiger partial charge in [-0.2, -0.15) is 0 Å². The molecule has 0 fully saturated rings. The first kappa shape index (κ1) is 64.7. The molecule has 10 heteroatoms. The van der Waals surface area contributed by atoms with Gasteiger partial charge in [0.2, 0.25) is 0 Å². The summed E-state index contributed by atoms with van der Waals surface area (Å²) >= 11 is 0. The van der Waals surface area contributed by atoms with Crippen LogP contribution in [0.3, 0.4) is 0 Å². The molecule has 0 aromatic carbocycles. The van der Waals surface area contributed by atoms with Crippen LogP contribution < -0.4 is 0 Å². The molecule has 0 radical (unpaired) electrons. The van der Waals surface area contributed by atoms with Crippen molar-refractivity contribution >= 4 is 13.8 Å². The van der Waals surface area contributed by atoms with Crippen molar-refractivity contribution in [3.05, 3.63) is 36.5 Å². The number of hydrogen-bond donors (Lipinski definition) is 3. The van der Waals surface area contributed by atoms with Crippen molar-refractivity contribution in [1.82, 2.24) is 0 Å². The molecule has 0 aliphatic rings. The first-order chi connectivity index (χ1) is 32.3. The number of unbranched alkanes of at least 4 members (excludes halogenated alkanes) is 34. The van der Waals surface area contributed by atoms with Gasteiger partial charge >= 0.3 is 13.8 Å². The summed E-state index contributed by atoms with van der Waals surface area (Å²) in [6, 6.07) is 0. The second-order valence-corrected chi connectivity index (χ2v) is 20.4. The molecule has 3 unspecified atom stereocenters. The van der Waals surface area contributed by atoms with E-state index in [2.05, 4.69) is 50.3 Å². The van der Waals surface area contributed by atoms with E-state index in [9.17, 15) is 19.4 Å². The summed E-state index contributed by atoms with van der Waals surface area (Å²) in [7, 11) is -4.53. The average Bonchev–Trinajstić information content (AvgIpc) is 3.31. The molecule has 0 rings (SSSR count). The molecule has 0 bridgehead atoms.